The SMILES string of the molecule is CC(Cl)c1nc2cc(F)c(Br)cc2n1CC1CC1C. The standard InChI is InChI=1S/C14H15BrClFN2/c1-7-3-9(7)6-19-13-4-10(15)11(17)5-12(13)18-14(19)8(2)16/h4-5,7-9H,3,6H2,1-2H3. The van der Waals surface area contributed by atoms with Crippen molar-refractivity contribution < 1.29 is 4.39 Å². The highest BCUT2D eigenvalue weighted by atomic mass is 79.9. The van der Waals surface area contributed by atoms with Crippen LogP contribution in [-0.2, 0) is 6.54 Å². The molecule has 1 saturated carbocycles. The van der Waals surface area contributed by atoms with Crippen molar-refractivity contribution in [3.05, 3.63) is 28.2 Å². The van der Waals surface area contributed by atoms with E-state index < -0.39 is 0 Å². The van der Waals surface area contributed by atoms with Crippen molar-refractivity contribution in [2.24, 2.45) is 11.8 Å². The van der Waals surface area contributed by atoms with Gasteiger partial charge in [-0.3, -0.25) is 0 Å². The zero-order valence-corrected chi connectivity index (χ0v) is 13.2. The number of fused-ring (bicyclic) bond motifs is 1. The smallest absolute Gasteiger partial charge is 0.139 e. The molecular formula is C14H15BrClFN2. The average Bonchev–Trinajstić information content (AvgIpc) is 2.91. The number of alkyl halides is 1. The van der Waals surface area contributed by atoms with Gasteiger partial charge in [0, 0.05) is 12.6 Å². The minimum Gasteiger partial charge on any atom is -0.326 e. The summed E-state index contributed by atoms with van der Waals surface area (Å²) in [5, 5.41) is -0.178. The number of hydrogen-bond acceptors (Lipinski definition) is 1. The van der Waals surface area contributed by atoms with Gasteiger partial charge in [-0.05, 0) is 47.2 Å². The Morgan fingerprint density at radius 2 is 2.26 bits per heavy atom. The van der Waals surface area contributed by atoms with E-state index in [4.69, 9.17) is 11.6 Å². The van der Waals surface area contributed by atoms with E-state index in [2.05, 4.69) is 32.4 Å². The van der Waals surface area contributed by atoms with Gasteiger partial charge in [0.1, 0.15) is 11.6 Å². The molecule has 0 amide bonds. The second-order valence-electron chi connectivity index (χ2n) is 5.42. The molecule has 0 aliphatic heterocycles. The molecule has 1 aromatic heterocycles. The summed E-state index contributed by atoms with van der Waals surface area (Å²) < 4.78 is 16.2. The van der Waals surface area contributed by atoms with Crippen molar-refractivity contribution in [2.45, 2.75) is 32.2 Å². The maximum atomic E-state index is 13.6. The molecule has 0 N–H and O–H groups in total. The molecular weight excluding hydrogens is 331 g/mol. The van der Waals surface area contributed by atoms with Gasteiger partial charge < -0.3 is 4.57 Å². The molecule has 19 heavy (non-hydrogen) atoms. The minimum atomic E-state index is -0.286. The van der Waals surface area contributed by atoms with Gasteiger partial charge >= 0.3 is 0 Å². The molecule has 3 unspecified atom stereocenters. The van der Waals surface area contributed by atoms with Crippen molar-refractivity contribution in [1.29, 1.82) is 0 Å². The van der Waals surface area contributed by atoms with Crippen LogP contribution in [0.2, 0.25) is 0 Å². The zero-order valence-electron chi connectivity index (χ0n) is 10.8. The predicted molar refractivity (Wildman–Crippen MR) is 78.9 cm³/mol. The summed E-state index contributed by atoms with van der Waals surface area (Å²) in [5.74, 6) is 1.99. The van der Waals surface area contributed by atoms with Crippen LogP contribution in [0.3, 0.4) is 0 Å². The molecule has 0 saturated heterocycles. The molecule has 5 heteroatoms. The largest absolute Gasteiger partial charge is 0.326 e. The molecule has 1 heterocycles. The second-order valence-corrected chi connectivity index (χ2v) is 6.93. The molecule has 1 aliphatic rings. The lowest BCUT2D eigenvalue weighted by atomic mass is 10.3. The fourth-order valence-corrected chi connectivity index (χ4v) is 3.02. The van der Waals surface area contributed by atoms with Crippen LogP contribution in [0.25, 0.3) is 11.0 Å². The Bertz CT molecular complexity index is 638. The topological polar surface area (TPSA) is 17.8 Å². The molecule has 2 aromatic rings. The van der Waals surface area contributed by atoms with E-state index in [-0.39, 0.29) is 11.2 Å². The highest BCUT2D eigenvalue weighted by molar-refractivity contribution is 9.10. The van der Waals surface area contributed by atoms with Crippen LogP contribution in [0.15, 0.2) is 16.6 Å². The van der Waals surface area contributed by atoms with Gasteiger partial charge in [0.05, 0.1) is 20.9 Å². The summed E-state index contributed by atoms with van der Waals surface area (Å²) >= 11 is 9.45. The van der Waals surface area contributed by atoms with Gasteiger partial charge in [-0.1, -0.05) is 6.92 Å². The van der Waals surface area contributed by atoms with Crippen molar-refractivity contribution in [3.8, 4) is 0 Å². The summed E-state index contributed by atoms with van der Waals surface area (Å²) in [7, 11) is 0. The lowest BCUT2D eigenvalue weighted by Crippen LogP contribution is -2.06. The maximum Gasteiger partial charge on any atom is 0.139 e. The minimum absolute atomic E-state index is 0.178. The Kier molecular flexibility index (Phi) is 3.34. The first-order valence-corrected chi connectivity index (χ1v) is 7.69. The average molecular weight is 346 g/mol. The Hall–Kier alpha value is -0.610. The van der Waals surface area contributed by atoms with Crippen molar-refractivity contribution >= 4 is 38.6 Å². The Morgan fingerprint density at radius 3 is 2.84 bits per heavy atom. The van der Waals surface area contributed by atoms with Crippen LogP contribution in [0, 0.1) is 17.7 Å². The predicted octanol–water partition coefficient (Wildman–Crippen LogP) is 4.89. The molecule has 1 aliphatic carbocycles. The van der Waals surface area contributed by atoms with E-state index in [9.17, 15) is 4.39 Å². The Balaban J connectivity index is 2.14. The van der Waals surface area contributed by atoms with E-state index in [1.165, 1.54) is 12.5 Å². The number of hydrogen-bond donors (Lipinski definition) is 0. The molecule has 0 radical (unpaired) electrons. The number of aromatic nitrogens is 2. The summed E-state index contributed by atoms with van der Waals surface area (Å²) in [6.45, 7) is 5.08. The first kappa shape index (κ1) is 13.4. The third-order valence-electron chi connectivity index (χ3n) is 3.87. The molecule has 3 rings (SSSR count). The number of benzene rings is 1. The normalized spacial score (nSPS) is 23.8. The number of nitrogens with zero attached hydrogens (tertiary/aromatic N) is 2. The van der Waals surface area contributed by atoms with Crippen molar-refractivity contribution in [1.82, 2.24) is 9.55 Å². The van der Waals surface area contributed by atoms with Crippen LogP contribution in [0.4, 0.5) is 4.39 Å². The fourth-order valence-electron chi connectivity index (χ4n) is 2.52. The van der Waals surface area contributed by atoms with Gasteiger partial charge in [-0.2, -0.15) is 0 Å². The molecule has 1 fully saturated rings. The second kappa shape index (κ2) is 4.74. The van der Waals surface area contributed by atoms with Crippen LogP contribution in [0.5, 0.6) is 0 Å². The molecule has 3 atom stereocenters. The van der Waals surface area contributed by atoms with Gasteiger partial charge in [-0.15, -0.1) is 11.6 Å². The lowest BCUT2D eigenvalue weighted by molar-refractivity contribution is 0.581. The molecule has 102 valence electrons. The van der Waals surface area contributed by atoms with Crippen molar-refractivity contribution in [3.63, 3.8) is 0 Å². The molecule has 2 nitrogen and oxygen atoms in total. The first-order valence-electron chi connectivity index (χ1n) is 6.46. The van der Waals surface area contributed by atoms with E-state index in [0.717, 1.165) is 23.8 Å². The van der Waals surface area contributed by atoms with Gasteiger partial charge in [-0.25, -0.2) is 9.37 Å². The van der Waals surface area contributed by atoms with Crippen LogP contribution in [-0.4, -0.2) is 9.55 Å². The molecule has 1 aromatic carbocycles. The highest BCUT2D eigenvalue weighted by Crippen LogP contribution is 2.41. The van der Waals surface area contributed by atoms with Gasteiger partial charge in [0.25, 0.3) is 0 Å². The van der Waals surface area contributed by atoms with Crippen LogP contribution in [0.1, 0.15) is 31.5 Å². The number of imidazole rings is 1. The summed E-state index contributed by atoms with van der Waals surface area (Å²) in [6, 6.07) is 3.27. The first-order chi connectivity index (χ1) is 8.97. The number of rotatable bonds is 3. The van der Waals surface area contributed by atoms with Crippen molar-refractivity contribution in [2.75, 3.05) is 0 Å². The van der Waals surface area contributed by atoms with E-state index >= 15 is 0 Å². The summed E-state index contributed by atoms with van der Waals surface area (Å²) in [6.07, 6.45) is 1.25. The maximum absolute atomic E-state index is 13.6. The highest BCUT2D eigenvalue weighted by Gasteiger charge is 2.34. The third kappa shape index (κ3) is 2.40. The van der Waals surface area contributed by atoms with Crippen LogP contribution >= 0.6 is 27.5 Å². The fraction of sp³-hybridized carbons (Fsp3) is 0.500. The number of halogens is 3. The Morgan fingerprint density at radius 1 is 1.58 bits per heavy atom. The van der Waals surface area contributed by atoms with E-state index in [1.807, 2.05) is 6.92 Å². The monoisotopic (exact) mass is 344 g/mol. The third-order valence-corrected chi connectivity index (χ3v) is 4.67. The lowest BCUT2D eigenvalue weighted by Gasteiger charge is -2.10. The summed E-state index contributed by atoms with van der Waals surface area (Å²) in [5.41, 5.74) is 1.63. The molecule has 0 bridgehead atoms. The molecule has 0 spiro atoms. The van der Waals surface area contributed by atoms with Gasteiger partial charge in [0.2, 0.25) is 0 Å². The zero-order chi connectivity index (χ0) is 13.7. The van der Waals surface area contributed by atoms with Crippen LogP contribution < -0.4 is 0 Å². The summed E-state index contributed by atoms with van der Waals surface area (Å²) in [4.78, 5) is 4.49. The van der Waals surface area contributed by atoms with E-state index in [1.54, 1.807) is 6.07 Å². The van der Waals surface area contributed by atoms with Gasteiger partial charge in [0.15, 0.2) is 0 Å². The Labute approximate surface area is 125 Å². The quantitative estimate of drug-likeness (QED) is 0.724. The van der Waals surface area contributed by atoms with E-state index in [0.29, 0.717) is 15.9 Å².